The molecule has 0 atom stereocenters. The van der Waals surface area contributed by atoms with Crippen LogP contribution in [0, 0.1) is 0 Å². The summed E-state index contributed by atoms with van der Waals surface area (Å²) in [6, 6.07) is 26.6. The van der Waals surface area contributed by atoms with Crippen LogP contribution in [0.2, 0.25) is 5.15 Å². The average Bonchev–Trinajstić information content (AvgIpc) is 3.07. The molecule has 2 aromatic heterocycles. The van der Waals surface area contributed by atoms with Gasteiger partial charge in [-0.15, -0.1) is 20.4 Å². The fraction of sp³-hybridized carbons (Fsp3) is 0.118. The molecule has 0 N–H and O–H groups in total. The van der Waals surface area contributed by atoms with Crippen LogP contribution in [-0.4, -0.2) is 34.6 Å². The van der Waals surface area contributed by atoms with E-state index in [1.807, 2.05) is 42.5 Å². The van der Waals surface area contributed by atoms with E-state index in [0.717, 1.165) is 40.6 Å². The second kappa shape index (κ2) is 13.6. The lowest BCUT2D eigenvalue weighted by Crippen LogP contribution is -2.04. The number of ether oxygens (including phenoxy) is 2. The van der Waals surface area contributed by atoms with Crippen LogP contribution in [0.3, 0.4) is 0 Å². The summed E-state index contributed by atoms with van der Waals surface area (Å²) < 4.78 is 86.1. The second-order valence-corrected chi connectivity index (χ2v) is 10.3. The highest BCUT2D eigenvalue weighted by atomic mass is 35.5. The maximum atomic E-state index is 12.9. The maximum absolute atomic E-state index is 12.9. The van der Waals surface area contributed by atoms with Crippen LogP contribution in [0.4, 0.5) is 26.3 Å². The Kier molecular flexibility index (Phi) is 9.61. The SMILES string of the molecule is COc1cc(-c2ccc(C(F)(F)F)cc2)c(-c2ccc3ccccc3c2)nn1.COc1cc(-c2ccc(C(F)(F)F)cc2)c(Cl)nn1. The third-order valence-corrected chi connectivity index (χ3v) is 7.26. The van der Waals surface area contributed by atoms with E-state index in [-0.39, 0.29) is 11.0 Å². The molecule has 0 spiro atoms. The van der Waals surface area contributed by atoms with Gasteiger partial charge >= 0.3 is 12.4 Å². The molecule has 0 saturated carbocycles. The molecule has 47 heavy (non-hydrogen) atoms. The second-order valence-electron chi connectivity index (χ2n) is 9.95. The highest BCUT2D eigenvalue weighted by Crippen LogP contribution is 2.36. The van der Waals surface area contributed by atoms with Gasteiger partial charge in [-0.05, 0) is 52.2 Å². The first kappa shape index (κ1) is 33.1. The Hall–Kier alpha value is -5.23. The van der Waals surface area contributed by atoms with E-state index in [1.54, 1.807) is 6.07 Å². The van der Waals surface area contributed by atoms with Crippen LogP contribution >= 0.6 is 11.6 Å². The summed E-state index contributed by atoms with van der Waals surface area (Å²) in [5.74, 6) is 0.527. The van der Waals surface area contributed by atoms with E-state index >= 15 is 0 Å². The lowest BCUT2D eigenvalue weighted by Gasteiger charge is -2.12. The molecule has 0 aliphatic carbocycles. The maximum Gasteiger partial charge on any atom is 0.416 e. The Morgan fingerprint density at radius 3 is 1.51 bits per heavy atom. The molecule has 0 unspecified atom stereocenters. The molecule has 13 heteroatoms. The van der Waals surface area contributed by atoms with E-state index in [4.69, 9.17) is 21.1 Å². The van der Waals surface area contributed by atoms with E-state index in [1.165, 1.54) is 44.6 Å². The van der Waals surface area contributed by atoms with E-state index in [0.29, 0.717) is 33.8 Å². The number of aromatic nitrogens is 4. The van der Waals surface area contributed by atoms with Gasteiger partial charge in [-0.1, -0.05) is 72.3 Å². The van der Waals surface area contributed by atoms with Gasteiger partial charge in [0, 0.05) is 28.8 Å². The van der Waals surface area contributed by atoms with Crippen LogP contribution in [0.25, 0.3) is 44.3 Å². The van der Waals surface area contributed by atoms with Crippen molar-refractivity contribution in [2.45, 2.75) is 12.4 Å². The van der Waals surface area contributed by atoms with Crippen molar-refractivity contribution >= 4 is 22.4 Å². The topological polar surface area (TPSA) is 70.0 Å². The summed E-state index contributed by atoms with van der Waals surface area (Å²) in [6.45, 7) is 0. The van der Waals surface area contributed by atoms with Gasteiger partial charge in [-0.2, -0.15) is 26.3 Å². The normalized spacial score (nSPS) is 11.5. The Bertz CT molecular complexity index is 2000. The van der Waals surface area contributed by atoms with Gasteiger partial charge in [0.05, 0.1) is 25.3 Å². The molecule has 0 aliphatic rings. The fourth-order valence-corrected chi connectivity index (χ4v) is 4.78. The van der Waals surface area contributed by atoms with Gasteiger partial charge in [0.15, 0.2) is 5.15 Å². The molecule has 6 nitrogen and oxygen atoms in total. The molecule has 6 rings (SSSR count). The van der Waals surface area contributed by atoms with Gasteiger partial charge < -0.3 is 9.47 Å². The van der Waals surface area contributed by atoms with Crippen LogP contribution in [-0.2, 0) is 12.4 Å². The minimum atomic E-state index is -4.38. The molecule has 0 amide bonds. The Morgan fingerprint density at radius 1 is 0.511 bits per heavy atom. The van der Waals surface area contributed by atoms with Gasteiger partial charge in [-0.25, -0.2) is 0 Å². The molecule has 0 radical (unpaired) electrons. The zero-order valence-electron chi connectivity index (χ0n) is 24.6. The number of methoxy groups -OCH3 is 2. The van der Waals surface area contributed by atoms with Crippen molar-refractivity contribution in [3.05, 3.63) is 119 Å². The number of hydrogen-bond donors (Lipinski definition) is 0. The molecule has 0 aliphatic heterocycles. The van der Waals surface area contributed by atoms with Crippen molar-refractivity contribution in [2.24, 2.45) is 0 Å². The smallest absolute Gasteiger partial charge is 0.416 e. The lowest BCUT2D eigenvalue weighted by molar-refractivity contribution is -0.138. The van der Waals surface area contributed by atoms with E-state index < -0.39 is 23.5 Å². The summed E-state index contributed by atoms with van der Waals surface area (Å²) in [4.78, 5) is 0. The lowest BCUT2D eigenvalue weighted by atomic mass is 9.97. The number of rotatable bonds is 5. The van der Waals surface area contributed by atoms with Gasteiger partial charge in [0.2, 0.25) is 11.8 Å². The van der Waals surface area contributed by atoms with E-state index in [9.17, 15) is 26.3 Å². The third kappa shape index (κ3) is 7.78. The van der Waals surface area contributed by atoms with Crippen molar-refractivity contribution in [1.29, 1.82) is 0 Å². The monoisotopic (exact) mass is 668 g/mol. The largest absolute Gasteiger partial charge is 0.480 e. The van der Waals surface area contributed by atoms with Crippen molar-refractivity contribution < 1.29 is 35.8 Å². The first-order valence-electron chi connectivity index (χ1n) is 13.7. The molecular weight excluding hydrogens is 646 g/mol. The van der Waals surface area contributed by atoms with Gasteiger partial charge in [-0.3, -0.25) is 0 Å². The van der Waals surface area contributed by atoms with Gasteiger partial charge in [0.25, 0.3) is 0 Å². The van der Waals surface area contributed by atoms with Crippen molar-refractivity contribution in [1.82, 2.24) is 20.4 Å². The number of halogens is 7. The summed E-state index contributed by atoms with van der Waals surface area (Å²) in [5, 5.41) is 17.9. The molecule has 240 valence electrons. The number of benzene rings is 4. The fourth-order valence-electron chi connectivity index (χ4n) is 4.58. The standard InChI is InChI=1S/C22H15F3N2O.C12H8ClF3N2O/c1-28-20-13-19(15-8-10-18(11-9-15)22(23,24)25)21(27-26-20)17-7-6-14-4-2-3-5-16(14)12-17;1-19-10-6-9(11(13)18-17-10)7-2-4-8(5-3-7)12(14,15)16/h2-13H,1H3;2-6H,1H3. The molecule has 0 bridgehead atoms. The Labute approximate surface area is 269 Å². The van der Waals surface area contributed by atoms with Crippen molar-refractivity contribution in [2.75, 3.05) is 14.2 Å². The van der Waals surface area contributed by atoms with Crippen LogP contribution < -0.4 is 9.47 Å². The summed E-state index contributed by atoms with van der Waals surface area (Å²) in [6.07, 6.45) is -8.75. The molecule has 6 aromatic rings. The Morgan fingerprint density at radius 2 is 0.979 bits per heavy atom. The number of fused-ring (bicyclic) bond motifs is 1. The quantitative estimate of drug-likeness (QED) is 0.170. The minimum Gasteiger partial charge on any atom is -0.480 e. The van der Waals surface area contributed by atoms with Crippen molar-refractivity contribution in [3.63, 3.8) is 0 Å². The number of hydrogen-bond acceptors (Lipinski definition) is 6. The molecular formula is C34H23ClF6N4O2. The van der Waals surface area contributed by atoms with Crippen LogP contribution in [0.5, 0.6) is 11.8 Å². The summed E-state index contributed by atoms with van der Waals surface area (Å²) >= 11 is 5.87. The number of alkyl halides is 6. The Balaban J connectivity index is 0.000000199. The minimum absolute atomic E-state index is 0.0977. The molecule has 0 fully saturated rings. The zero-order chi connectivity index (χ0) is 33.8. The van der Waals surface area contributed by atoms with Crippen molar-refractivity contribution in [3.8, 4) is 45.3 Å². The van der Waals surface area contributed by atoms with E-state index in [2.05, 4.69) is 20.4 Å². The summed E-state index contributed by atoms with van der Waals surface area (Å²) in [5.41, 5.74) is 2.20. The van der Waals surface area contributed by atoms with Gasteiger partial charge in [0.1, 0.15) is 5.69 Å². The predicted molar refractivity (Wildman–Crippen MR) is 166 cm³/mol. The average molecular weight is 669 g/mol. The predicted octanol–water partition coefficient (Wildman–Crippen LogP) is 9.82. The molecule has 2 heterocycles. The van der Waals surface area contributed by atoms with Crippen LogP contribution in [0.15, 0.2) is 103 Å². The first-order chi connectivity index (χ1) is 22.4. The highest BCUT2D eigenvalue weighted by molar-refractivity contribution is 6.32. The number of nitrogens with zero attached hydrogens (tertiary/aromatic N) is 4. The third-order valence-electron chi connectivity index (χ3n) is 6.99. The molecule has 4 aromatic carbocycles. The van der Waals surface area contributed by atoms with Crippen LogP contribution in [0.1, 0.15) is 11.1 Å². The molecule has 0 saturated heterocycles. The first-order valence-corrected chi connectivity index (χ1v) is 14.1. The summed E-state index contributed by atoms with van der Waals surface area (Å²) in [7, 11) is 2.88. The zero-order valence-corrected chi connectivity index (χ0v) is 25.3. The highest BCUT2D eigenvalue weighted by Gasteiger charge is 2.31.